The van der Waals surface area contributed by atoms with Crippen LogP contribution in [0.2, 0.25) is 5.02 Å². The summed E-state index contributed by atoms with van der Waals surface area (Å²) in [5.74, 6) is -0.475. The number of rotatable bonds is 6. The van der Waals surface area contributed by atoms with Crippen molar-refractivity contribution in [2.24, 2.45) is 5.73 Å². The summed E-state index contributed by atoms with van der Waals surface area (Å²) >= 11 is 3.96. The van der Waals surface area contributed by atoms with Crippen LogP contribution in [0.4, 0.5) is 0 Å². The zero-order valence-electron chi connectivity index (χ0n) is 17.5. The average Bonchev–Trinajstić information content (AvgIpc) is 2.77. The molecule has 0 saturated heterocycles. The molecule has 0 fully saturated rings. The largest absolute Gasteiger partial charge is 0.772 e. The topological polar surface area (TPSA) is 86.5 Å². The lowest BCUT2D eigenvalue weighted by Gasteiger charge is -2.34. The second kappa shape index (κ2) is 9.28. The van der Waals surface area contributed by atoms with Crippen LogP contribution in [0.1, 0.15) is 51.1 Å². The smallest absolute Gasteiger partial charge is 0.248 e. The Morgan fingerprint density at radius 1 is 1.16 bits per heavy atom. The van der Waals surface area contributed by atoms with Crippen molar-refractivity contribution in [2.75, 3.05) is 0 Å². The summed E-state index contributed by atoms with van der Waals surface area (Å²) in [6.45, 7) is 2.73. The first-order valence-electron chi connectivity index (χ1n) is 10.1. The van der Waals surface area contributed by atoms with E-state index in [0.717, 1.165) is 33.4 Å². The third-order valence-corrected chi connectivity index (χ3v) is 6.52. The van der Waals surface area contributed by atoms with Gasteiger partial charge in [-0.05, 0) is 59.0 Å². The van der Waals surface area contributed by atoms with E-state index < -0.39 is 17.0 Å². The van der Waals surface area contributed by atoms with Crippen LogP contribution in [-0.2, 0) is 23.4 Å². The lowest BCUT2D eigenvalue weighted by Crippen LogP contribution is -2.26. The van der Waals surface area contributed by atoms with Crippen molar-refractivity contribution in [3.63, 3.8) is 0 Å². The van der Waals surface area contributed by atoms with Gasteiger partial charge in [-0.15, -0.1) is 0 Å². The number of halogens is 1. The van der Waals surface area contributed by atoms with Crippen LogP contribution in [0.3, 0.4) is 0 Å². The lowest BCUT2D eigenvalue weighted by atomic mass is 9.89. The Morgan fingerprint density at radius 2 is 1.91 bits per heavy atom. The van der Waals surface area contributed by atoms with Crippen molar-refractivity contribution in [2.45, 2.75) is 25.3 Å². The zero-order chi connectivity index (χ0) is 22.8. The molecule has 0 radical (unpaired) electrons. The molecule has 0 spiro atoms. The van der Waals surface area contributed by atoms with Crippen molar-refractivity contribution >= 4 is 34.2 Å². The first kappa shape index (κ1) is 22.3. The molecule has 1 amide bonds. The summed E-state index contributed by atoms with van der Waals surface area (Å²) in [5, 5.41) is 0.647. The van der Waals surface area contributed by atoms with E-state index >= 15 is 0 Å². The van der Waals surface area contributed by atoms with Crippen LogP contribution in [0.5, 0.6) is 0 Å². The third-order valence-electron chi connectivity index (χ3n) is 5.70. The first-order valence-corrected chi connectivity index (χ1v) is 11.8. The van der Waals surface area contributed by atoms with E-state index in [9.17, 15) is 13.6 Å². The van der Waals surface area contributed by atoms with Crippen LogP contribution >= 0.6 is 11.6 Å². The van der Waals surface area contributed by atoms with E-state index in [-0.39, 0.29) is 11.8 Å². The van der Waals surface area contributed by atoms with Crippen LogP contribution in [0.15, 0.2) is 72.9 Å². The Kier molecular flexibility index (Phi) is 6.46. The predicted octanol–water partition coefficient (Wildman–Crippen LogP) is 4.78. The summed E-state index contributed by atoms with van der Waals surface area (Å²) < 4.78 is 22.3. The van der Waals surface area contributed by atoms with Crippen molar-refractivity contribution in [1.82, 2.24) is 4.90 Å². The molecule has 7 heteroatoms. The SMILES string of the molecule is CC(c1cccc(CS(=O)[O-])c1)N1C=C(c2ccc(Cl)cc2)c2cc(C(N)=O)ccc2C1. The Labute approximate surface area is 194 Å². The third kappa shape index (κ3) is 4.78. The highest BCUT2D eigenvalue weighted by atomic mass is 35.5. The molecule has 32 heavy (non-hydrogen) atoms. The highest BCUT2D eigenvalue weighted by molar-refractivity contribution is 7.78. The summed E-state index contributed by atoms with van der Waals surface area (Å²) in [6, 6.07) is 20.7. The molecule has 3 aromatic carbocycles. The van der Waals surface area contributed by atoms with E-state index in [1.807, 2.05) is 60.7 Å². The maximum absolute atomic E-state index is 11.8. The van der Waals surface area contributed by atoms with Gasteiger partial charge < -0.3 is 15.2 Å². The normalized spacial score (nSPS) is 15.0. The minimum atomic E-state index is -2.14. The molecule has 0 aromatic heterocycles. The minimum absolute atomic E-state index is 0.00121. The van der Waals surface area contributed by atoms with E-state index in [4.69, 9.17) is 17.3 Å². The molecule has 4 rings (SSSR count). The molecular formula is C25H22ClN2O3S-. The molecule has 164 valence electrons. The van der Waals surface area contributed by atoms with E-state index in [1.54, 1.807) is 6.07 Å². The van der Waals surface area contributed by atoms with Gasteiger partial charge in [-0.2, -0.15) is 0 Å². The van der Waals surface area contributed by atoms with Gasteiger partial charge in [0, 0.05) is 34.7 Å². The molecule has 0 bridgehead atoms. The number of carbonyl (C=O) groups excluding carboxylic acids is 1. The van der Waals surface area contributed by atoms with E-state index in [1.165, 1.54) is 0 Å². The van der Waals surface area contributed by atoms with E-state index in [0.29, 0.717) is 17.1 Å². The Balaban J connectivity index is 1.76. The lowest BCUT2D eigenvalue weighted by molar-refractivity contribution is 0.1000. The summed E-state index contributed by atoms with van der Waals surface area (Å²) in [4.78, 5) is 14.0. The van der Waals surface area contributed by atoms with Crippen molar-refractivity contribution in [1.29, 1.82) is 0 Å². The molecule has 3 aromatic rings. The highest BCUT2D eigenvalue weighted by Crippen LogP contribution is 2.36. The molecule has 1 heterocycles. The van der Waals surface area contributed by atoms with E-state index in [2.05, 4.69) is 18.0 Å². The molecule has 2 N–H and O–H groups in total. The maximum Gasteiger partial charge on any atom is 0.248 e. The van der Waals surface area contributed by atoms with Crippen molar-refractivity contribution < 1.29 is 13.6 Å². The molecule has 0 saturated carbocycles. The fourth-order valence-electron chi connectivity index (χ4n) is 3.97. The Hall–Kier alpha value is -2.93. The Morgan fingerprint density at radius 3 is 2.59 bits per heavy atom. The van der Waals surface area contributed by atoms with Gasteiger partial charge in [-0.1, -0.05) is 65.1 Å². The second-order valence-electron chi connectivity index (χ2n) is 7.83. The van der Waals surface area contributed by atoms with Crippen molar-refractivity contribution in [3.8, 4) is 0 Å². The van der Waals surface area contributed by atoms with Crippen LogP contribution in [0, 0.1) is 0 Å². The monoisotopic (exact) mass is 465 g/mol. The fourth-order valence-corrected chi connectivity index (χ4v) is 4.55. The molecule has 2 atom stereocenters. The minimum Gasteiger partial charge on any atom is -0.772 e. The molecule has 1 aliphatic heterocycles. The number of hydrogen-bond donors (Lipinski definition) is 1. The average molecular weight is 466 g/mol. The number of nitrogens with two attached hydrogens (primary N) is 1. The number of fused-ring (bicyclic) bond motifs is 1. The first-order chi connectivity index (χ1) is 15.3. The molecule has 5 nitrogen and oxygen atoms in total. The number of amides is 1. The highest BCUT2D eigenvalue weighted by Gasteiger charge is 2.23. The van der Waals surface area contributed by atoms with Gasteiger partial charge in [-0.25, -0.2) is 0 Å². The number of nitrogens with zero attached hydrogens (tertiary/aromatic N) is 1. The Bertz CT molecular complexity index is 1220. The molecular weight excluding hydrogens is 444 g/mol. The van der Waals surface area contributed by atoms with Crippen LogP contribution in [0.25, 0.3) is 5.57 Å². The van der Waals surface area contributed by atoms with Gasteiger partial charge in [0.1, 0.15) is 0 Å². The zero-order valence-corrected chi connectivity index (χ0v) is 19.0. The summed E-state index contributed by atoms with van der Waals surface area (Å²) in [5.41, 5.74) is 11.7. The van der Waals surface area contributed by atoms with Crippen LogP contribution < -0.4 is 5.73 Å². The number of hydrogen-bond acceptors (Lipinski definition) is 4. The number of primary amides is 1. The quantitative estimate of drug-likeness (QED) is 0.530. The van der Waals surface area contributed by atoms with Gasteiger partial charge in [0.2, 0.25) is 5.91 Å². The summed E-state index contributed by atoms with van der Waals surface area (Å²) in [6.07, 6.45) is 2.08. The van der Waals surface area contributed by atoms with Gasteiger partial charge in [0.15, 0.2) is 0 Å². The fraction of sp³-hybridized carbons (Fsp3) is 0.160. The molecule has 1 aliphatic rings. The molecule has 2 unspecified atom stereocenters. The standard InChI is InChI=1S/C25H23ClN2O3S/c1-16(19-4-2-3-17(11-19)15-32(30)31)28-13-21-6-5-20(25(27)29)12-23(21)24(14-28)18-7-9-22(26)10-8-18/h2-12,14,16H,13,15H2,1H3,(H2,27,29)(H,30,31)/p-1. The number of carbonyl (C=O) groups is 1. The second-order valence-corrected chi connectivity index (χ2v) is 9.16. The van der Waals surface area contributed by atoms with Gasteiger partial charge in [-0.3, -0.25) is 9.00 Å². The summed E-state index contributed by atoms with van der Waals surface area (Å²) in [7, 11) is 0. The van der Waals surface area contributed by atoms with Crippen LogP contribution in [-0.4, -0.2) is 19.6 Å². The maximum atomic E-state index is 11.8. The predicted molar refractivity (Wildman–Crippen MR) is 127 cm³/mol. The number of benzene rings is 3. The van der Waals surface area contributed by atoms with Gasteiger partial charge in [0.25, 0.3) is 0 Å². The molecule has 0 aliphatic carbocycles. The van der Waals surface area contributed by atoms with Gasteiger partial charge in [0.05, 0.1) is 6.04 Å². The van der Waals surface area contributed by atoms with Gasteiger partial charge >= 0.3 is 0 Å². The van der Waals surface area contributed by atoms with Crippen molar-refractivity contribution in [3.05, 3.63) is 111 Å².